The van der Waals surface area contributed by atoms with Crippen molar-refractivity contribution in [3.05, 3.63) is 35.9 Å². The van der Waals surface area contributed by atoms with E-state index >= 15 is 0 Å². The molecule has 19 heavy (non-hydrogen) atoms. The topological polar surface area (TPSA) is 27.7 Å². The van der Waals surface area contributed by atoms with Crippen LogP contribution in [0.5, 0.6) is 0 Å². The second kappa shape index (κ2) is 6.04. The third kappa shape index (κ3) is 2.55. The quantitative estimate of drug-likeness (QED) is 0.673. The van der Waals surface area contributed by atoms with E-state index in [-0.39, 0.29) is 5.41 Å². The molecule has 0 unspecified atom stereocenters. The second-order valence-corrected chi connectivity index (χ2v) is 4.80. The van der Waals surface area contributed by atoms with Gasteiger partial charge in [-0.1, -0.05) is 30.3 Å². The van der Waals surface area contributed by atoms with Gasteiger partial charge in [-0.15, -0.1) is 0 Å². The van der Waals surface area contributed by atoms with Crippen LogP contribution in [0.3, 0.4) is 0 Å². The largest absolute Gasteiger partial charge is 0.327 e. The van der Waals surface area contributed by atoms with Crippen molar-refractivity contribution in [2.75, 3.05) is 19.8 Å². The summed E-state index contributed by atoms with van der Waals surface area (Å²) in [7, 11) is 0. The van der Waals surface area contributed by atoms with Gasteiger partial charge >= 0.3 is 0 Å². The maximum Gasteiger partial charge on any atom is 0.293 e. The van der Waals surface area contributed by atoms with Gasteiger partial charge in [0.15, 0.2) is 0 Å². The number of hydrogen-bond donors (Lipinski definition) is 0. The summed E-state index contributed by atoms with van der Waals surface area (Å²) >= 11 is 0. The molecule has 106 valence electrons. The highest BCUT2D eigenvalue weighted by Crippen LogP contribution is 2.58. The fourth-order valence-electron chi connectivity index (χ4n) is 2.76. The molecule has 1 aliphatic carbocycles. The van der Waals surface area contributed by atoms with E-state index in [0.29, 0.717) is 19.8 Å². The van der Waals surface area contributed by atoms with E-state index in [1.807, 2.05) is 26.8 Å². The van der Waals surface area contributed by atoms with Crippen molar-refractivity contribution in [2.24, 2.45) is 0 Å². The Bertz CT molecular complexity index is 367. The van der Waals surface area contributed by atoms with Crippen LogP contribution in [0, 0.1) is 0 Å². The van der Waals surface area contributed by atoms with Gasteiger partial charge in [-0.25, -0.2) is 0 Å². The van der Waals surface area contributed by atoms with E-state index in [1.54, 1.807) is 0 Å². The minimum absolute atomic E-state index is 0.156. The number of ether oxygens (including phenoxy) is 3. The van der Waals surface area contributed by atoms with Crippen LogP contribution in [0.15, 0.2) is 30.3 Å². The number of benzene rings is 1. The molecule has 1 aromatic carbocycles. The van der Waals surface area contributed by atoms with Gasteiger partial charge in [0.1, 0.15) is 0 Å². The minimum Gasteiger partial charge on any atom is -0.327 e. The summed E-state index contributed by atoms with van der Waals surface area (Å²) in [6, 6.07) is 10.4. The molecule has 3 nitrogen and oxygen atoms in total. The SMILES string of the molecule is CCOC(OCC)(OCC)C1(c2ccccc2)CC1. The van der Waals surface area contributed by atoms with Gasteiger partial charge in [0.05, 0.1) is 5.41 Å². The van der Waals surface area contributed by atoms with Crippen molar-refractivity contribution in [1.29, 1.82) is 0 Å². The van der Waals surface area contributed by atoms with Gasteiger partial charge in [-0.2, -0.15) is 0 Å². The Morgan fingerprint density at radius 3 is 1.74 bits per heavy atom. The molecule has 1 aliphatic rings. The number of hydrogen-bond acceptors (Lipinski definition) is 3. The molecule has 1 fully saturated rings. The first kappa shape index (κ1) is 14.5. The van der Waals surface area contributed by atoms with E-state index in [0.717, 1.165) is 12.8 Å². The summed E-state index contributed by atoms with van der Waals surface area (Å²) in [6.45, 7) is 7.67. The van der Waals surface area contributed by atoms with Crippen molar-refractivity contribution in [1.82, 2.24) is 0 Å². The predicted octanol–water partition coefficient (Wildman–Crippen LogP) is 3.48. The average molecular weight is 264 g/mol. The Morgan fingerprint density at radius 2 is 1.37 bits per heavy atom. The third-order valence-corrected chi connectivity index (χ3v) is 3.67. The van der Waals surface area contributed by atoms with E-state index in [1.165, 1.54) is 5.56 Å². The van der Waals surface area contributed by atoms with Gasteiger partial charge < -0.3 is 14.2 Å². The Morgan fingerprint density at radius 1 is 0.895 bits per heavy atom. The summed E-state index contributed by atoms with van der Waals surface area (Å²) in [5.41, 5.74) is 1.08. The van der Waals surface area contributed by atoms with Crippen LogP contribution < -0.4 is 0 Å². The monoisotopic (exact) mass is 264 g/mol. The zero-order valence-electron chi connectivity index (χ0n) is 12.1. The Hall–Kier alpha value is -0.900. The molecular weight excluding hydrogens is 240 g/mol. The van der Waals surface area contributed by atoms with Gasteiger partial charge in [-0.05, 0) is 39.2 Å². The van der Waals surface area contributed by atoms with Crippen LogP contribution >= 0.6 is 0 Å². The molecule has 0 amide bonds. The lowest BCUT2D eigenvalue weighted by atomic mass is 9.93. The molecule has 0 spiro atoms. The predicted molar refractivity (Wildman–Crippen MR) is 75.0 cm³/mol. The molecule has 0 bridgehead atoms. The Balaban J connectivity index is 2.36. The summed E-state index contributed by atoms with van der Waals surface area (Å²) in [6.07, 6.45) is 2.08. The molecule has 1 saturated carbocycles. The van der Waals surface area contributed by atoms with Gasteiger partial charge in [0.25, 0.3) is 5.97 Å². The van der Waals surface area contributed by atoms with Crippen molar-refractivity contribution < 1.29 is 14.2 Å². The van der Waals surface area contributed by atoms with Crippen LogP contribution in [-0.2, 0) is 19.6 Å². The Kier molecular flexibility index (Phi) is 4.61. The van der Waals surface area contributed by atoms with E-state index in [2.05, 4.69) is 24.3 Å². The van der Waals surface area contributed by atoms with Gasteiger partial charge in [0, 0.05) is 19.8 Å². The molecule has 1 aromatic rings. The van der Waals surface area contributed by atoms with Crippen LogP contribution in [-0.4, -0.2) is 25.8 Å². The molecule has 0 saturated heterocycles. The van der Waals surface area contributed by atoms with E-state index in [4.69, 9.17) is 14.2 Å². The van der Waals surface area contributed by atoms with Crippen LogP contribution in [0.2, 0.25) is 0 Å². The first-order valence-electron chi connectivity index (χ1n) is 7.22. The van der Waals surface area contributed by atoms with Crippen LogP contribution in [0.4, 0.5) is 0 Å². The summed E-state index contributed by atoms with van der Waals surface area (Å²) in [4.78, 5) is 0. The van der Waals surface area contributed by atoms with Crippen molar-refractivity contribution in [3.8, 4) is 0 Å². The lowest BCUT2D eigenvalue weighted by Crippen LogP contribution is -2.50. The highest BCUT2D eigenvalue weighted by atomic mass is 16.9. The van der Waals surface area contributed by atoms with Crippen molar-refractivity contribution in [2.45, 2.75) is 45.0 Å². The van der Waals surface area contributed by atoms with Crippen LogP contribution in [0.1, 0.15) is 39.2 Å². The fourth-order valence-corrected chi connectivity index (χ4v) is 2.76. The molecule has 0 heterocycles. The van der Waals surface area contributed by atoms with E-state index in [9.17, 15) is 0 Å². The first-order chi connectivity index (χ1) is 9.24. The zero-order valence-corrected chi connectivity index (χ0v) is 12.1. The van der Waals surface area contributed by atoms with Gasteiger partial charge in [0.2, 0.25) is 0 Å². The first-order valence-corrected chi connectivity index (χ1v) is 7.22. The molecule has 0 radical (unpaired) electrons. The summed E-state index contributed by atoms with van der Waals surface area (Å²) < 4.78 is 17.8. The molecule has 0 aliphatic heterocycles. The lowest BCUT2D eigenvalue weighted by molar-refractivity contribution is -0.395. The molecule has 0 N–H and O–H groups in total. The minimum atomic E-state index is -0.938. The maximum atomic E-state index is 5.95. The highest BCUT2D eigenvalue weighted by Gasteiger charge is 2.64. The molecular formula is C16H24O3. The maximum absolute atomic E-state index is 5.95. The molecule has 3 heteroatoms. The smallest absolute Gasteiger partial charge is 0.293 e. The second-order valence-electron chi connectivity index (χ2n) is 4.80. The summed E-state index contributed by atoms with van der Waals surface area (Å²) in [5.74, 6) is -0.938. The van der Waals surface area contributed by atoms with E-state index < -0.39 is 5.97 Å². The molecule has 2 rings (SSSR count). The highest BCUT2D eigenvalue weighted by molar-refractivity contribution is 5.33. The van der Waals surface area contributed by atoms with Crippen LogP contribution in [0.25, 0.3) is 0 Å². The van der Waals surface area contributed by atoms with Crippen molar-refractivity contribution in [3.63, 3.8) is 0 Å². The normalized spacial score (nSPS) is 17.4. The third-order valence-electron chi connectivity index (χ3n) is 3.67. The molecule has 0 atom stereocenters. The molecule has 0 aromatic heterocycles. The fraction of sp³-hybridized carbons (Fsp3) is 0.625. The van der Waals surface area contributed by atoms with Crippen molar-refractivity contribution >= 4 is 0 Å². The standard InChI is InChI=1S/C16H24O3/c1-4-17-16(18-5-2,19-6-3)15(12-13-15)14-10-8-7-9-11-14/h7-11H,4-6,12-13H2,1-3H3. The van der Waals surface area contributed by atoms with Gasteiger partial charge in [-0.3, -0.25) is 0 Å². The zero-order chi connectivity index (χ0) is 13.8. The summed E-state index contributed by atoms with van der Waals surface area (Å²) in [5, 5.41) is 0. The Labute approximate surface area is 115 Å². The average Bonchev–Trinajstić information content (AvgIpc) is 3.22. The number of rotatable bonds is 8. The lowest BCUT2D eigenvalue weighted by Gasteiger charge is -2.39.